The van der Waals surface area contributed by atoms with Gasteiger partial charge in [0, 0.05) is 25.6 Å². The Labute approximate surface area is 117 Å². The molecule has 0 spiro atoms. The zero-order valence-corrected chi connectivity index (χ0v) is 13.0. The van der Waals surface area contributed by atoms with Crippen LogP contribution in [0, 0.1) is 5.92 Å². The molecule has 5 heteroatoms. The second-order valence-electron chi connectivity index (χ2n) is 4.85. The van der Waals surface area contributed by atoms with E-state index in [-0.39, 0.29) is 5.97 Å². The molecule has 0 saturated carbocycles. The minimum Gasteiger partial charge on any atom is -0.466 e. The van der Waals surface area contributed by atoms with Crippen LogP contribution >= 0.6 is 0 Å². The molecule has 0 aromatic rings. The molecule has 2 N–H and O–H groups in total. The molecule has 0 bridgehead atoms. The molecule has 0 aliphatic rings. The van der Waals surface area contributed by atoms with Crippen LogP contribution in [0.2, 0.25) is 0 Å². The molecule has 0 heterocycles. The van der Waals surface area contributed by atoms with Gasteiger partial charge in [0.1, 0.15) is 0 Å². The highest BCUT2D eigenvalue weighted by Crippen LogP contribution is 1.99. The number of ether oxygens (including phenoxy) is 1. The lowest BCUT2D eigenvalue weighted by molar-refractivity contribution is -0.143. The highest BCUT2D eigenvalue weighted by atomic mass is 16.5. The predicted molar refractivity (Wildman–Crippen MR) is 79.3 cm³/mol. The summed E-state index contributed by atoms with van der Waals surface area (Å²) < 4.78 is 4.87. The van der Waals surface area contributed by atoms with Gasteiger partial charge in [0.2, 0.25) is 0 Å². The zero-order chi connectivity index (χ0) is 14.7. The van der Waals surface area contributed by atoms with Gasteiger partial charge in [0.15, 0.2) is 5.96 Å². The van der Waals surface area contributed by atoms with Crippen molar-refractivity contribution < 1.29 is 9.53 Å². The van der Waals surface area contributed by atoms with Crippen molar-refractivity contribution in [1.82, 2.24) is 10.6 Å². The van der Waals surface area contributed by atoms with Crippen molar-refractivity contribution in [3.63, 3.8) is 0 Å². The first kappa shape index (κ1) is 17.7. The van der Waals surface area contributed by atoms with Crippen molar-refractivity contribution in [3.8, 4) is 0 Å². The standard InChI is InChI=1S/C14H29N3O2/c1-6-15-14(17-12(5)11(3)4)16-10-8-9-13(18)19-7-2/h11-12H,6-10H2,1-5H3,(H2,15,16,17). The van der Waals surface area contributed by atoms with Gasteiger partial charge in [-0.3, -0.25) is 9.79 Å². The minimum absolute atomic E-state index is 0.147. The number of carbonyl (C=O) groups excluding carboxylic acids is 1. The van der Waals surface area contributed by atoms with Gasteiger partial charge in [0.25, 0.3) is 0 Å². The highest BCUT2D eigenvalue weighted by molar-refractivity contribution is 5.80. The monoisotopic (exact) mass is 271 g/mol. The van der Waals surface area contributed by atoms with Crippen LogP contribution in [0.3, 0.4) is 0 Å². The summed E-state index contributed by atoms with van der Waals surface area (Å²) in [5.41, 5.74) is 0. The van der Waals surface area contributed by atoms with Crippen LogP contribution in [0.4, 0.5) is 0 Å². The zero-order valence-electron chi connectivity index (χ0n) is 13.0. The molecule has 0 amide bonds. The van der Waals surface area contributed by atoms with Crippen LogP contribution in [0.5, 0.6) is 0 Å². The van der Waals surface area contributed by atoms with E-state index in [0.717, 1.165) is 12.5 Å². The average molecular weight is 271 g/mol. The van der Waals surface area contributed by atoms with Gasteiger partial charge < -0.3 is 15.4 Å². The van der Waals surface area contributed by atoms with Crippen LogP contribution in [0.15, 0.2) is 4.99 Å². The second-order valence-corrected chi connectivity index (χ2v) is 4.85. The first-order valence-corrected chi connectivity index (χ1v) is 7.21. The maximum absolute atomic E-state index is 11.2. The summed E-state index contributed by atoms with van der Waals surface area (Å²) in [6.07, 6.45) is 1.14. The number of nitrogens with zero attached hydrogens (tertiary/aromatic N) is 1. The molecule has 0 aromatic heterocycles. The molecule has 0 aliphatic carbocycles. The molecular weight excluding hydrogens is 242 g/mol. The molecule has 1 unspecified atom stereocenters. The van der Waals surface area contributed by atoms with E-state index in [9.17, 15) is 4.79 Å². The minimum atomic E-state index is -0.147. The SMILES string of the molecule is CCNC(=NCCCC(=O)OCC)NC(C)C(C)C. The third-order valence-corrected chi connectivity index (χ3v) is 2.82. The van der Waals surface area contributed by atoms with Gasteiger partial charge in [0.05, 0.1) is 6.61 Å². The lowest BCUT2D eigenvalue weighted by atomic mass is 10.1. The number of esters is 1. The molecule has 112 valence electrons. The highest BCUT2D eigenvalue weighted by Gasteiger charge is 2.08. The Morgan fingerprint density at radius 1 is 1.26 bits per heavy atom. The number of aliphatic imine (C=N–C) groups is 1. The van der Waals surface area contributed by atoms with Crippen molar-refractivity contribution in [1.29, 1.82) is 0 Å². The lowest BCUT2D eigenvalue weighted by Crippen LogP contribution is -2.44. The third-order valence-electron chi connectivity index (χ3n) is 2.82. The van der Waals surface area contributed by atoms with Crippen LogP contribution in [0.25, 0.3) is 0 Å². The maximum Gasteiger partial charge on any atom is 0.305 e. The fourth-order valence-electron chi connectivity index (χ4n) is 1.35. The third kappa shape index (κ3) is 9.33. The molecule has 0 fully saturated rings. The van der Waals surface area contributed by atoms with Gasteiger partial charge in [-0.15, -0.1) is 0 Å². The van der Waals surface area contributed by atoms with Crippen LogP contribution in [0.1, 0.15) is 47.5 Å². The van der Waals surface area contributed by atoms with Crippen LogP contribution < -0.4 is 10.6 Å². The molecule has 1 atom stereocenters. The Hall–Kier alpha value is -1.26. The fraction of sp³-hybridized carbons (Fsp3) is 0.857. The van der Waals surface area contributed by atoms with E-state index in [1.54, 1.807) is 0 Å². The van der Waals surface area contributed by atoms with Crippen LogP contribution in [-0.2, 0) is 9.53 Å². The van der Waals surface area contributed by atoms with E-state index in [0.29, 0.717) is 38.0 Å². The number of nitrogens with one attached hydrogen (secondary N) is 2. The maximum atomic E-state index is 11.2. The van der Waals surface area contributed by atoms with E-state index in [2.05, 4.69) is 36.4 Å². The number of rotatable bonds is 8. The quantitative estimate of drug-likeness (QED) is 0.306. The summed E-state index contributed by atoms with van der Waals surface area (Å²) in [4.78, 5) is 15.6. The molecule has 0 aromatic carbocycles. The molecular formula is C14H29N3O2. The van der Waals surface area contributed by atoms with Gasteiger partial charge >= 0.3 is 5.97 Å². The molecule has 5 nitrogen and oxygen atoms in total. The normalized spacial score (nSPS) is 13.3. The van der Waals surface area contributed by atoms with Crippen LogP contribution in [-0.4, -0.2) is 37.7 Å². The topological polar surface area (TPSA) is 62.7 Å². The van der Waals surface area contributed by atoms with E-state index in [4.69, 9.17) is 4.74 Å². The molecule has 0 aliphatic heterocycles. The largest absolute Gasteiger partial charge is 0.466 e. The molecule has 0 saturated heterocycles. The Balaban J connectivity index is 4.08. The molecule has 0 rings (SSSR count). The van der Waals surface area contributed by atoms with Gasteiger partial charge in [-0.05, 0) is 33.1 Å². The van der Waals surface area contributed by atoms with E-state index < -0.39 is 0 Å². The van der Waals surface area contributed by atoms with E-state index in [1.165, 1.54) is 0 Å². The van der Waals surface area contributed by atoms with E-state index in [1.807, 2.05) is 13.8 Å². The van der Waals surface area contributed by atoms with Crippen molar-refractivity contribution in [2.45, 2.75) is 53.5 Å². The fourth-order valence-corrected chi connectivity index (χ4v) is 1.35. The number of carbonyl (C=O) groups is 1. The summed E-state index contributed by atoms with van der Waals surface area (Å²) in [5, 5.41) is 6.56. The summed E-state index contributed by atoms with van der Waals surface area (Å²) in [7, 11) is 0. The second kappa shape index (κ2) is 10.6. The van der Waals surface area contributed by atoms with Gasteiger partial charge in [-0.1, -0.05) is 13.8 Å². The molecule has 19 heavy (non-hydrogen) atoms. The van der Waals surface area contributed by atoms with Crippen molar-refractivity contribution in [2.24, 2.45) is 10.9 Å². The van der Waals surface area contributed by atoms with Crippen molar-refractivity contribution >= 4 is 11.9 Å². The van der Waals surface area contributed by atoms with Crippen molar-refractivity contribution in [2.75, 3.05) is 19.7 Å². The predicted octanol–water partition coefficient (Wildman–Crippen LogP) is 1.93. The van der Waals surface area contributed by atoms with Gasteiger partial charge in [-0.2, -0.15) is 0 Å². The van der Waals surface area contributed by atoms with E-state index >= 15 is 0 Å². The Kier molecular flexibility index (Phi) is 9.94. The first-order valence-electron chi connectivity index (χ1n) is 7.21. The summed E-state index contributed by atoms with van der Waals surface area (Å²) >= 11 is 0. The smallest absolute Gasteiger partial charge is 0.305 e. The Morgan fingerprint density at radius 2 is 1.95 bits per heavy atom. The Morgan fingerprint density at radius 3 is 2.47 bits per heavy atom. The Bertz CT molecular complexity index is 278. The first-order chi connectivity index (χ1) is 9.01. The number of guanidine groups is 1. The average Bonchev–Trinajstić information content (AvgIpc) is 2.34. The summed E-state index contributed by atoms with van der Waals surface area (Å²) in [6, 6.07) is 0.364. The summed E-state index contributed by atoms with van der Waals surface area (Å²) in [5.74, 6) is 1.21. The van der Waals surface area contributed by atoms with Gasteiger partial charge in [-0.25, -0.2) is 0 Å². The number of hydrogen-bond donors (Lipinski definition) is 2. The summed E-state index contributed by atoms with van der Waals surface area (Å²) in [6.45, 7) is 12.2. The lowest BCUT2D eigenvalue weighted by Gasteiger charge is -2.20. The molecule has 0 radical (unpaired) electrons. The number of hydrogen-bond acceptors (Lipinski definition) is 3. The van der Waals surface area contributed by atoms with Crippen molar-refractivity contribution in [3.05, 3.63) is 0 Å².